The number of carbonyl (C=O) groups is 1. The van der Waals surface area contributed by atoms with Gasteiger partial charge in [-0.25, -0.2) is 9.78 Å². The SMILES string of the molecule is CCC(Oc1ccc(-c2cnc3ccccc3n2)cc1)C(=O)O. The number of hydrogen-bond donors (Lipinski definition) is 1. The highest BCUT2D eigenvalue weighted by Gasteiger charge is 2.16. The first-order valence-electron chi connectivity index (χ1n) is 7.39. The van der Waals surface area contributed by atoms with Crippen molar-refractivity contribution in [3.63, 3.8) is 0 Å². The normalized spacial score (nSPS) is 12.0. The standard InChI is InChI=1S/C18H16N2O3/c1-2-17(18(21)22)23-13-9-7-12(8-10-13)16-11-19-14-5-3-4-6-15(14)20-16/h3-11,17H,2H2,1H3,(H,21,22). The van der Waals surface area contributed by atoms with Crippen LogP contribution in [0.15, 0.2) is 54.7 Å². The van der Waals surface area contributed by atoms with Crippen LogP contribution < -0.4 is 4.74 Å². The van der Waals surface area contributed by atoms with Gasteiger partial charge in [0.2, 0.25) is 0 Å². The number of benzene rings is 2. The molecule has 0 aliphatic carbocycles. The van der Waals surface area contributed by atoms with Crippen molar-refractivity contribution in [1.29, 1.82) is 0 Å². The van der Waals surface area contributed by atoms with E-state index in [9.17, 15) is 4.79 Å². The van der Waals surface area contributed by atoms with Gasteiger partial charge in [-0.15, -0.1) is 0 Å². The molecule has 0 bridgehead atoms. The summed E-state index contributed by atoms with van der Waals surface area (Å²) in [5.41, 5.74) is 3.35. The first-order chi connectivity index (χ1) is 11.2. The highest BCUT2D eigenvalue weighted by molar-refractivity contribution is 5.77. The number of hydrogen-bond acceptors (Lipinski definition) is 4. The molecule has 116 valence electrons. The van der Waals surface area contributed by atoms with E-state index in [1.807, 2.05) is 36.4 Å². The summed E-state index contributed by atoms with van der Waals surface area (Å²) in [6, 6.07) is 14.9. The van der Waals surface area contributed by atoms with Gasteiger partial charge in [-0.3, -0.25) is 4.98 Å². The van der Waals surface area contributed by atoms with Crippen LogP contribution in [0.5, 0.6) is 5.75 Å². The van der Waals surface area contributed by atoms with E-state index in [0.29, 0.717) is 12.2 Å². The largest absolute Gasteiger partial charge is 0.479 e. The Morgan fingerprint density at radius 2 is 1.83 bits per heavy atom. The van der Waals surface area contributed by atoms with E-state index < -0.39 is 12.1 Å². The molecule has 0 radical (unpaired) electrons. The van der Waals surface area contributed by atoms with Gasteiger partial charge in [0.25, 0.3) is 0 Å². The lowest BCUT2D eigenvalue weighted by Gasteiger charge is -2.13. The van der Waals surface area contributed by atoms with Gasteiger partial charge < -0.3 is 9.84 Å². The molecule has 5 heteroatoms. The molecule has 1 unspecified atom stereocenters. The fourth-order valence-corrected chi connectivity index (χ4v) is 2.27. The minimum Gasteiger partial charge on any atom is -0.479 e. The van der Waals surface area contributed by atoms with Gasteiger partial charge in [0, 0.05) is 5.56 Å². The van der Waals surface area contributed by atoms with Crippen LogP contribution in [0.4, 0.5) is 0 Å². The number of aromatic nitrogens is 2. The highest BCUT2D eigenvalue weighted by atomic mass is 16.5. The molecule has 23 heavy (non-hydrogen) atoms. The molecule has 1 aromatic heterocycles. The van der Waals surface area contributed by atoms with Crippen LogP contribution in [-0.2, 0) is 4.79 Å². The monoisotopic (exact) mass is 308 g/mol. The van der Waals surface area contributed by atoms with E-state index in [0.717, 1.165) is 22.3 Å². The maximum atomic E-state index is 11.0. The van der Waals surface area contributed by atoms with Crippen molar-refractivity contribution in [3.8, 4) is 17.0 Å². The van der Waals surface area contributed by atoms with Crippen LogP contribution in [0.25, 0.3) is 22.3 Å². The quantitative estimate of drug-likeness (QED) is 0.780. The predicted molar refractivity (Wildman–Crippen MR) is 87.3 cm³/mol. The second-order valence-corrected chi connectivity index (χ2v) is 5.12. The third kappa shape index (κ3) is 3.29. The zero-order valence-corrected chi connectivity index (χ0v) is 12.6. The van der Waals surface area contributed by atoms with E-state index in [4.69, 9.17) is 9.84 Å². The summed E-state index contributed by atoms with van der Waals surface area (Å²) in [7, 11) is 0. The van der Waals surface area contributed by atoms with E-state index in [-0.39, 0.29) is 0 Å². The van der Waals surface area contributed by atoms with Crippen LogP contribution in [0, 0.1) is 0 Å². The van der Waals surface area contributed by atoms with E-state index >= 15 is 0 Å². The smallest absolute Gasteiger partial charge is 0.344 e. The molecule has 5 nitrogen and oxygen atoms in total. The summed E-state index contributed by atoms with van der Waals surface area (Å²) in [6.45, 7) is 1.78. The van der Waals surface area contributed by atoms with Gasteiger partial charge >= 0.3 is 5.97 Å². The molecule has 0 aliphatic rings. The number of aliphatic carboxylic acids is 1. The van der Waals surface area contributed by atoms with E-state index in [2.05, 4.69) is 9.97 Å². The molecule has 0 spiro atoms. The number of ether oxygens (including phenoxy) is 1. The predicted octanol–water partition coefficient (Wildman–Crippen LogP) is 3.54. The van der Waals surface area contributed by atoms with Crippen molar-refractivity contribution in [1.82, 2.24) is 9.97 Å². The molecule has 0 saturated carbocycles. The molecule has 0 aliphatic heterocycles. The number of carboxylic acid groups (broad SMARTS) is 1. The summed E-state index contributed by atoms with van der Waals surface area (Å²) in [6.07, 6.45) is 1.30. The first kappa shape index (κ1) is 15.0. The number of fused-ring (bicyclic) bond motifs is 1. The summed E-state index contributed by atoms with van der Waals surface area (Å²) in [4.78, 5) is 20.0. The van der Waals surface area contributed by atoms with Crippen molar-refractivity contribution in [2.24, 2.45) is 0 Å². The van der Waals surface area contributed by atoms with Crippen molar-refractivity contribution >= 4 is 17.0 Å². The Balaban J connectivity index is 1.84. The van der Waals surface area contributed by atoms with Crippen molar-refractivity contribution in [3.05, 3.63) is 54.7 Å². The molecule has 0 saturated heterocycles. The zero-order valence-electron chi connectivity index (χ0n) is 12.6. The summed E-state index contributed by atoms with van der Waals surface area (Å²) in [5, 5.41) is 9.02. The number of nitrogens with zero attached hydrogens (tertiary/aromatic N) is 2. The number of para-hydroxylation sites is 2. The first-order valence-corrected chi connectivity index (χ1v) is 7.39. The summed E-state index contributed by atoms with van der Waals surface area (Å²) in [5.74, 6) is -0.436. The third-order valence-electron chi connectivity index (χ3n) is 3.52. The fraction of sp³-hybridized carbons (Fsp3) is 0.167. The second kappa shape index (κ2) is 6.44. The van der Waals surface area contributed by atoms with Crippen LogP contribution in [0.3, 0.4) is 0 Å². The lowest BCUT2D eigenvalue weighted by molar-refractivity contribution is -0.145. The van der Waals surface area contributed by atoms with Gasteiger partial charge in [0.1, 0.15) is 5.75 Å². The molecule has 2 aromatic carbocycles. The van der Waals surface area contributed by atoms with E-state index in [1.54, 1.807) is 25.3 Å². The van der Waals surface area contributed by atoms with Crippen molar-refractivity contribution < 1.29 is 14.6 Å². The average molecular weight is 308 g/mol. The van der Waals surface area contributed by atoms with E-state index in [1.165, 1.54) is 0 Å². The molecule has 0 fully saturated rings. The minimum atomic E-state index is -0.961. The molecular formula is C18H16N2O3. The van der Waals surface area contributed by atoms with Gasteiger partial charge in [0.15, 0.2) is 6.10 Å². The third-order valence-corrected chi connectivity index (χ3v) is 3.52. The Labute approximate surface area is 133 Å². The molecule has 3 aromatic rings. The molecule has 1 heterocycles. The van der Waals surface area contributed by atoms with Crippen LogP contribution in [0.2, 0.25) is 0 Å². The fourth-order valence-electron chi connectivity index (χ4n) is 2.27. The second-order valence-electron chi connectivity index (χ2n) is 5.12. The lowest BCUT2D eigenvalue weighted by Crippen LogP contribution is -2.25. The van der Waals surface area contributed by atoms with Crippen molar-refractivity contribution in [2.45, 2.75) is 19.4 Å². The maximum absolute atomic E-state index is 11.0. The van der Waals surface area contributed by atoms with Gasteiger partial charge in [0.05, 0.1) is 22.9 Å². The average Bonchev–Trinajstić information content (AvgIpc) is 2.59. The van der Waals surface area contributed by atoms with Gasteiger partial charge in [-0.2, -0.15) is 0 Å². The molecule has 1 atom stereocenters. The Kier molecular flexibility index (Phi) is 4.19. The Hall–Kier alpha value is -2.95. The number of carboxylic acids is 1. The van der Waals surface area contributed by atoms with Crippen molar-refractivity contribution in [2.75, 3.05) is 0 Å². The number of rotatable bonds is 5. The van der Waals surface area contributed by atoms with Crippen LogP contribution in [0.1, 0.15) is 13.3 Å². The minimum absolute atomic E-state index is 0.410. The Morgan fingerprint density at radius 3 is 2.48 bits per heavy atom. The maximum Gasteiger partial charge on any atom is 0.344 e. The van der Waals surface area contributed by atoms with Gasteiger partial charge in [-0.05, 0) is 42.8 Å². The summed E-state index contributed by atoms with van der Waals surface area (Å²) < 4.78 is 5.45. The van der Waals surface area contributed by atoms with Gasteiger partial charge in [-0.1, -0.05) is 19.1 Å². The summed E-state index contributed by atoms with van der Waals surface area (Å²) >= 11 is 0. The lowest BCUT2D eigenvalue weighted by atomic mass is 10.1. The molecule has 3 rings (SSSR count). The molecular weight excluding hydrogens is 292 g/mol. The Bertz CT molecular complexity index is 831. The Morgan fingerprint density at radius 1 is 1.13 bits per heavy atom. The topological polar surface area (TPSA) is 72.3 Å². The van der Waals surface area contributed by atoms with Crippen LogP contribution in [-0.4, -0.2) is 27.1 Å². The molecule has 0 amide bonds. The van der Waals surface area contributed by atoms with Crippen LogP contribution >= 0.6 is 0 Å². The zero-order chi connectivity index (χ0) is 16.2. The highest BCUT2D eigenvalue weighted by Crippen LogP contribution is 2.23. The molecule has 1 N–H and O–H groups in total.